The van der Waals surface area contributed by atoms with Crippen LogP contribution in [0.1, 0.15) is 24.8 Å². The van der Waals surface area contributed by atoms with Crippen molar-refractivity contribution in [1.29, 1.82) is 0 Å². The minimum absolute atomic E-state index is 0.0118. The van der Waals surface area contributed by atoms with Gasteiger partial charge in [0.25, 0.3) is 0 Å². The van der Waals surface area contributed by atoms with Crippen molar-refractivity contribution in [3.8, 4) is 0 Å². The van der Waals surface area contributed by atoms with Crippen molar-refractivity contribution < 1.29 is 4.92 Å². The summed E-state index contributed by atoms with van der Waals surface area (Å²) in [7, 11) is 0. The molecule has 0 saturated heterocycles. The van der Waals surface area contributed by atoms with Crippen LogP contribution in [0.2, 0.25) is 5.02 Å². The van der Waals surface area contributed by atoms with Gasteiger partial charge in [-0.2, -0.15) is 0 Å². The summed E-state index contributed by atoms with van der Waals surface area (Å²) >= 11 is 5.73. The Kier molecular flexibility index (Phi) is 3.89. The van der Waals surface area contributed by atoms with E-state index in [1.165, 1.54) is 0 Å². The van der Waals surface area contributed by atoms with Crippen molar-refractivity contribution >= 4 is 11.6 Å². The molecule has 4 heteroatoms. The van der Waals surface area contributed by atoms with Gasteiger partial charge in [-0.05, 0) is 24.1 Å². The molecule has 0 bridgehead atoms. The maximum atomic E-state index is 10.4. The standard InChI is InChI=1S/C10H12ClNO2/c1-2-8(7-12(13)14)9-3-5-10(11)6-4-9/h3-6,8H,2,7H2,1H3. The molecule has 0 spiro atoms. The average Bonchev–Trinajstić information content (AvgIpc) is 2.15. The maximum Gasteiger partial charge on any atom is 0.210 e. The second-order valence-corrected chi connectivity index (χ2v) is 3.61. The van der Waals surface area contributed by atoms with E-state index in [1.54, 1.807) is 12.1 Å². The van der Waals surface area contributed by atoms with Gasteiger partial charge in [-0.1, -0.05) is 30.7 Å². The van der Waals surface area contributed by atoms with Crippen LogP contribution in [0.4, 0.5) is 0 Å². The van der Waals surface area contributed by atoms with Gasteiger partial charge in [0, 0.05) is 15.9 Å². The fourth-order valence-electron chi connectivity index (χ4n) is 1.39. The van der Waals surface area contributed by atoms with Crippen LogP contribution in [0.3, 0.4) is 0 Å². The smallest absolute Gasteiger partial charge is 0.210 e. The van der Waals surface area contributed by atoms with Crippen LogP contribution in [-0.2, 0) is 0 Å². The zero-order valence-electron chi connectivity index (χ0n) is 7.94. The van der Waals surface area contributed by atoms with Gasteiger partial charge in [0.1, 0.15) is 0 Å². The largest absolute Gasteiger partial charge is 0.265 e. The van der Waals surface area contributed by atoms with Gasteiger partial charge in [0.2, 0.25) is 6.54 Å². The van der Waals surface area contributed by atoms with Crippen molar-refractivity contribution in [1.82, 2.24) is 0 Å². The monoisotopic (exact) mass is 213 g/mol. The van der Waals surface area contributed by atoms with Crippen LogP contribution in [-0.4, -0.2) is 11.5 Å². The lowest BCUT2D eigenvalue weighted by atomic mass is 9.97. The number of hydrogen-bond donors (Lipinski definition) is 0. The van der Waals surface area contributed by atoms with E-state index >= 15 is 0 Å². The summed E-state index contributed by atoms with van der Waals surface area (Å²) < 4.78 is 0. The van der Waals surface area contributed by atoms with Crippen LogP contribution in [0.5, 0.6) is 0 Å². The molecule has 0 N–H and O–H groups in total. The lowest BCUT2D eigenvalue weighted by Crippen LogP contribution is -2.11. The first-order valence-corrected chi connectivity index (χ1v) is 4.88. The number of nitro groups is 1. The first kappa shape index (κ1) is 11.0. The zero-order chi connectivity index (χ0) is 10.6. The Morgan fingerprint density at radius 3 is 2.43 bits per heavy atom. The fourth-order valence-corrected chi connectivity index (χ4v) is 1.51. The van der Waals surface area contributed by atoms with Crippen molar-refractivity contribution in [2.45, 2.75) is 19.3 Å². The molecule has 1 atom stereocenters. The third kappa shape index (κ3) is 3.00. The molecule has 0 fully saturated rings. The molecule has 0 aliphatic rings. The highest BCUT2D eigenvalue weighted by molar-refractivity contribution is 6.30. The number of rotatable bonds is 4. The van der Waals surface area contributed by atoms with Gasteiger partial charge in [0.15, 0.2) is 0 Å². The SMILES string of the molecule is CCC(C[N+](=O)[O-])c1ccc(Cl)cc1. The first-order chi connectivity index (χ1) is 6.63. The summed E-state index contributed by atoms with van der Waals surface area (Å²) in [5, 5.41) is 11.0. The molecule has 0 aromatic heterocycles. The lowest BCUT2D eigenvalue weighted by molar-refractivity contribution is -0.483. The molecule has 0 radical (unpaired) electrons. The highest BCUT2D eigenvalue weighted by atomic mass is 35.5. The normalized spacial score (nSPS) is 12.4. The molecule has 0 amide bonds. The molecule has 76 valence electrons. The van der Waals surface area contributed by atoms with Crippen molar-refractivity contribution in [3.05, 3.63) is 45.0 Å². The van der Waals surface area contributed by atoms with Crippen LogP contribution >= 0.6 is 11.6 Å². The molecule has 0 saturated carbocycles. The Morgan fingerprint density at radius 1 is 1.43 bits per heavy atom. The maximum absolute atomic E-state index is 10.4. The molecule has 1 aromatic rings. The second kappa shape index (κ2) is 4.96. The Labute approximate surface area is 87.8 Å². The summed E-state index contributed by atoms with van der Waals surface area (Å²) in [6.45, 7) is 1.93. The summed E-state index contributed by atoms with van der Waals surface area (Å²) in [6, 6.07) is 7.22. The van der Waals surface area contributed by atoms with E-state index in [0.29, 0.717) is 5.02 Å². The molecular formula is C10H12ClNO2. The van der Waals surface area contributed by atoms with Crippen LogP contribution in [0.15, 0.2) is 24.3 Å². The molecule has 0 heterocycles. The minimum atomic E-state index is -0.275. The Morgan fingerprint density at radius 2 is 2.00 bits per heavy atom. The van der Waals surface area contributed by atoms with E-state index in [4.69, 9.17) is 11.6 Å². The topological polar surface area (TPSA) is 43.1 Å². The number of halogens is 1. The van der Waals surface area contributed by atoms with E-state index in [2.05, 4.69) is 0 Å². The highest BCUT2D eigenvalue weighted by Crippen LogP contribution is 2.21. The molecule has 1 rings (SSSR count). The van der Waals surface area contributed by atoms with Gasteiger partial charge < -0.3 is 0 Å². The van der Waals surface area contributed by atoms with Gasteiger partial charge in [0.05, 0.1) is 0 Å². The number of nitrogens with zero attached hydrogens (tertiary/aromatic N) is 1. The number of hydrogen-bond acceptors (Lipinski definition) is 2. The Hall–Kier alpha value is -1.09. The minimum Gasteiger partial charge on any atom is -0.265 e. The van der Waals surface area contributed by atoms with Gasteiger partial charge in [-0.25, -0.2) is 0 Å². The molecule has 1 unspecified atom stereocenters. The van der Waals surface area contributed by atoms with Crippen LogP contribution < -0.4 is 0 Å². The van der Waals surface area contributed by atoms with E-state index in [0.717, 1.165) is 12.0 Å². The summed E-state index contributed by atoms with van der Waals surface area (Å²) in [5.74, 6) is -0.0118. The molecule has 0 aliphatic carbocycles. The van der Waals surface area contributed by atoms with E-state index in [-0.39, 0.29) is 17.4 Å². The molecule has 0 aliphatic heterocycles. The lowest BCUT2D eigenvalue weighted by Gasteiger charge is -2.10. The van der Waals surface area contributed by atoms with E-state index in [9.17, 15) is 10.1 Å². The van der Waals surface area contributed by atoms with Gasteiger partial charge in [-0.3, -0.25) is 10.1 Å². The van der Waals surface area contributed by atoms with Crippen molar-refractivity contribution in [2.24, 2.45) is 0 Å². The highest BCUT2D eigenvalue weighted by Gasteiger charge is 2.14. The van der Waals surface area contributed by atoms with Gasteiger partial charge >= 0.3 is 0 Å². The third-order valence-corrected chi connectivity index (χ3v) is 2.46. The van der Waals surface area contributed by atoms with Gasteiger partial charge in [-0.15, -0.1) is 0 Å². The van der Waals surface area contributed by atoms with E-state index < -0.39 is 0 Å². The van der Waals surface area contributed by atoms with Crippen LogP contribution in [0.25, 0.3) is 0 Å². The third-order valence-electron chi connectivity index (χ3n) is 2.20. The number of benzene rings is 1. The second-order valence-electron chi connectivity index (χ2n) is 3.17. The predicted octanol–water partition coefficient (Wildman–Crippen LogP) is 3.11. The van der Waals surface area contributed by atoms with Crippen LogP contribution in [0, 0.1) is 10.1 Å². The Balaban J connectivity index is 2.78. The molecular weight excluding hydrogens is 202 g/mol. The quantitative estimate of drug-likeness (QED) is 0.570. The predicted molar refractivity (Wildman–Crippen MR) is 56.3 cm³/mol. The molecule has 1 aromatic carbocycles. The van der Waals surface area contributed by atoms with Crippen molar-refractivity contribution in [3.63, 3.8) is 0 Å². The summed E-state index contributed by atoms with van der Waals surface area (Å²) in [5.41, 5.74) is 0.980. The summed E-state index contributed by atoms with van der Waals surface area (Å²) in [4.78, 5) is 10.1. The zero-order valence-corrected chi connectivity index (χ0v) is 8.70. The average molecular weight is 214 g/mol. The molecule has 3 nitrogen and oxygen atoms in total. The summed E-state index contributed by atoms with van der Waals surface area (Å²) in [6.07, 6.45) is 0.766. The first-order valence-electron chi connectivity index (χ1n) is 4.50. The fraction of sp³-hybridized carbons (Fsp3) is 0.400. The Bertz CT molecular complexity index is 310. The van der Waals surface area contributed by atoms with Crippen molar-refractivity contribution in [2.75, 3.05) is 6.54 Å². The molecule has 14 heavy (non-hydrogen) atoms. The van der Waals surface area contributed by atoms with E-state index in [1.807, 2.05) is 19.1 Å².